The molecule has 0 atom stereocenters. The number of fused-ring (bicyclic) bond motifs is 1. The number of carbonyl (C=O) groups is 2. The number of rotatable bonds is 5. The van der Waals surface area contributed by atoms with E-state index in [-0.39, 0.29) is 18.7 Å². The standard InChI is InChI=1S/C14H17N3O3/c1-14(2,7-13(19)20)6-12(18)16-10-3-4-11-9(5-10)8-15-17-11/h3-5,8H,6-7H2,1-2H3,(H,15,17)(H,16,18)(H,19,20). The zero-order chi connectivity index (χ0) is 14.8. The van der Waals surface area contributed by atoms with Crippen LogP contribution in [0.15, 0.2) is 24.4 Å². The van der Waals surface area contributed by atoms with Crippen LogP contribution in [0.3, 0.4) is 0 Å². The average molecular weight is 275 g/mol. The van der Waals surface area contributed by atoms with Crippen LogP contribution in [-0.2, 0) is 9.59 Å². The molecule has 0 aliphatic heterocycles. The number of hydrogen-bond donors (Lipinski definition) is 3. The van der Waals surface area contributed by atoms with E-state index in [1.54, 1.807) is 26.1 Å². The summed E-state index contributed by atoms with van der Waals surface area (Å²) < 4.78 is 0. The lowest BCUT2D eigenvalue weighted by molar-refractivity contribution is -0.139. The Balaban J connectivity index is 2.02. The molecule has 1 amide bonds. The molecule has 0 fully saturated rings. The summed E-state index contributed by atoms with van der Waals surface area (Å²) in [5.41, 5.74) is 1.000. The van der Waals surface area contributed by atoms with Crippen molar-refractivity contribution >= 4 is 28.5 Å². The number of aromatic amines is 1. The van der Waals surface area contributed by atoms with E-state index in [4.69, 9.17) is 5.11 Å². The number of amides is 1. The Labute approximate surface area is 116 Å². The topological polar surface area (TPSA) is 95.1 Å². The molecule has 20 heavy (non-hydrogen) atoms. The van der Waals surface area contributed by atoms with Gasteiger partial charge >= 0.3 is 5.97 Å². The number of carbonyl (C=O) groups excluding carboxylic acids is 1. The molecule has 0 saturated carbocycles. The van der Waals surface area contributed by atoms with E-state index in [2.05, 4.69) is 15.5 Å². The lowest BCUT2D eigenvalue weighted by Crippen LogP contribution is -2.24. The second kappa shape index (κ2) is 5.32. The minimum Gasteiger partial charge on any atom is -0.481 e. The molecule has 0 saturated heterocycles. The first-order valence-corrected chi connectivity index (χ1v) is 6.30. The van der Waals surface area contributed by atoms with Crippen molar-refractivity contribution < 1.29 is 14.7 Å². The number of hydrogen-bond acceptors (Lipinski definition) is 3. The van der Waals surface area contributed by atoms with E-state index in [9.17, 15) is 9.59 Å². The predicted octanol–water partition coefficient (Wildman–Crippen LogP) is 2.39. The van der Waals surface area contributed by atoms with Gasteiger partial charge in [0.15, 0.2) is 0 Å². The van der Waals surface area contributed by atoms with Crippen LogP contribution in [0.4, 0.5) is 5.69 Å². The van der Waals surface area contributed by atoms with Gasteiger partial charge in [-0.25, -0.2) is 0 Å². The van der Waals surface area contributed by atoms with Crippen LogP contribution in [-0.4, -0.2) is 27.2 Å². The van der Waals surface area contributed by atoms with Crippen LogP contribution < -0.4 is 5.32 Å². The Morgan fingerprint density at radius 2 is 2.10 bits per heavy atom. The van der Waals surface area contributed by atoms with Crippen LogP contribution in [0.25, 0.3) is 10.9 Å². The van der Waals surface area contributed by atoms with Crippen molar-refractivity contribution in [3.8, 4) is 0 Å². The summed E-state index contributed by atoms with van der Waals surface area (Å²) in [5.74, 6) is -1.10. The van der Waals surface area contributed by atoms with Gasteiger partial charge in [-0.2, -0.15) is 5.10 Å². The first kappa shape index (κ1) is 14.0. The van der Waals surface area contributed by atoms with Crippen molar-refractivity contribution in [1.29, 1.82) is 0 Å². The minimum atomic E-state index is -0.900. The molecule has 0 aliphatic rings. The number of nitrogens with one attached hydrogen (secondary N) is 2. The number of anilines is 1. The Kier molecular flexibility index (Phi) is 3.74. The highest BCUT2D eigenvalue weighted by Crippen LogP contribution is 2.26. The van der Waals surface area contributed by atoms with Gasteiger partial charge < -0.3 is 10.4 Å². The molecule has 1 aromatic heterocycles. The maximum Gasteiger partial charge on any atom is 0.303 e. The van der Waals surface area contributed by atoms with Crippen molar-refractivity contribution in [1.82, 2.24) is 10.2 Å². The molecule has 1 aromatic carbocycles. The van der Waals surface area contributed by atoms with Gasteiger partial charge in [0, 0.05) is 17.5 Å². The molecule has 2 aromatic rings. The van der Waals surface area contributed by atoms with E-state index < -0.39 is 11.4 Å². The largest absolute Gasteiger partial charge is 0.481 e. The van der Waals surface area contributed by atoms with Crippen molar-refractivity contribution in [2.45, 2.75) is 26.7 Å². The highest BCUT2D eigenvalue weighted by molar-refractivity contribution is 5.94. The Bertz CT molecular complexity index is 646. The van der Waals surface area contributed by atoms with E-state index in [1.807, 2.05) is 12.1 Å². The van der Waals surface area contributed by atoms with Gasteiger partial charge in [-0.15, -0.1) is 0 Å². The third-order valence-electron chi connectivity index (χ3n) is 2.99. The number of carboxylic acids is 1. The molecular weight excluding hydrogens is 258 g/mol. The predicted molar refractivity (Wildman–Crippen MR) is 75.4 cm³/mol. The maximum absolute atomic E-state index is 12.0. The van der Waals surface area contributed by atoms with Gasteiger partial charge in [0.25, 0.3) is 0 Å². The second-order valence-electron chi connectivity index (χ2n) is 5.63. The van der Waals surface area contributed by atoms with E-state index >= 15 is 0 Å². The summed E-state index contributed by atoms with van der Waals surface area (Å²) in [6.45, 7) is 3.53. The third kappa shape index (κ3) is 3.57. The zero-order valence-corrected chi connectivity index (χ0v) is 11.4. The molecule has 106 valence electrons. The van der Waals surface area contributed by atoms with Crippen LogP contribution >= 0.6 is 0 Å². The highest BCUT2D eigenvalue weighted by Gasteiger charge is 2.25. The molecule has 0 aliphatic carbocycles. The van der Waals surface area contributed by atoms with E-state index in [1.165, 1.54) is 0 Å². The molecule has 3 N–H and O–H groups in total. The van der Waals surface area contributed by atoms with Gasteiger partial charge in [-0.05, 0) is 23.6 Å². The number of aliphatic carboxylic acids is 1. The molecule has 6 nitrogen and oxygen atoms in total. The van der Waals surface area contributed by atoms with Gasteiger partial charge in [0.05, 0.1) is 18.1 Å². The fourth-order valence-electron chi connectivity index (χ4n) is 2.13. The first-order chi connectivity index (χ1) is 9.35. The van der Waals surface area contributed by atoms with Crippen LogP contribution in [0.1, 0.15) is 26.7 Å². The number of carboxylic acid groups (broad SMARTS) is 1. The summed E-state index contributed by atoms with van der Waals surface area (Å²) >= 11 is 0. The normalized spacial score (nSPS) is 11.5. The maximum atomic E-state index is 12.0. The van der Waals surface area contributed by atoms with E-state index in [0.29, 0.717) is 5.69 Å². The quantitative estimate of drug-likeness (QED) is 0.780. The number of benzene rings is 1. The van der Waals surface area contributed by atoms with Crippen LogP contribution in [0.5, 0.6) is 0 Å². The summed E-state index contributed by atoms with van der Waals surface area (Å²) in [6.07, 6.45) is 1.79. The highest BCUT2D eigenvalue weighted by atomic mass is 16.4. The summed E-state index contributed by atoms with van der Waals surface area (Å²) in [6, 6.07) is 5.43. The minimum absolute atomic E-state index is 0.0405. The lowest BCUT2D eigenvalue weighted by Gasteiger charge is -2.21. The molecule has 6 heteroatoms. The molecule has 0 radical (unpaired) electrons. The fourth-order valence-corrected chi connectivity index (χ4v) is 2.13. The summed E-state index contributed by atoms with van der Waals surface area (Å²) in [7, 11) is 0. The zero-order valence-electron chi connectivity index (χ0n) is 11.4. The van der Waals surface area contributed by atoms with Crippen molar-refractivity contribution in [2.24, 2.45) is 5.41 Å². The molecule has 0 spiro atoms. The van der Waals surface area contributed by atoms with Crippen LogP contribution in [0.2, 0.25) is 0 Å². The van der Waals surface area contributed by atoms with Gasteiger partial charge in [0.1, 0.15) is 0 Å². The van der Waals surface area contributed by atoms with Crippen molar-refractivity contribution in [2.75, 3.05) is 5.32 Å². The number of aromatic nitrogens is 2. The van der Waals surface area contributed by atoms with Crippen LogP contribution in [0, 0.1) is 5.41 Å². The molecule has 0 unspecified atom stereocenters. The summed E-state index contributed by atoms with van der Waals surface area (Å²) in [5, 5.41) is 19.2. The lowest BCUT2D eigenvalue weighted by atomic mass is 9.85. The number of H-pyrrole nitrogens is 1. The number of nitrogens with zero attached hydrogens (tertiary/aromatic N) is 1. The second-order valence-corrected chi connectivity index (χ2v) is 5.63. The average Bonchev–Trinajstić information content (AvgIpc) is 2.72. The summed E-state index contributed by atoms with van der Waals surface area (Å²) in [4.78, 5) is 22.7. The Morgan fingerprint density at radius 1 is 1.35 bits per heavy atom. The molecular formula is C14H17N3O3. The first-order valence-electron chi connectivity index (χ1n) is 6.30. The van der Waals surface area contributed by atoms with E-state index in [0.717, 1.165) is 10.9 Å². The smallest absolute Gasteiger partial charge is 0.303 e. The monoisotopic (exact) mass is 275 g/mol. The SMILES string of the molecule is CC(C)(CC(=O)O)CC(=O)Nc1ccc2[nH]ncc2c1. The molecule has 1 heterocycles. The fraction of sp³-hybridized carbons (Fsp3) is 0.357. The van der Waals surface area contributed by atoms with Gasteiger partial charge in [-0.3, -0.25) is 14.7 Å². The molecule has 0 bridgehead atoms. The van der Waals surface area contributed by atoms with Gasteiger partial charge in [-0.1, -0.05) is 13.8 Å². The van der Waals surface area contributed by atoms with Gasteiger partial charge in [0.2, 0.25) is 5.91 Å². The Morgan fingerprint density at radius 3 is 2.80 bits per heavy atom. The molecule has 2 rings (SSSR count). The Hall–Kier alpha value is -2.37. The van der Waals surface area contributed by atoms with Crippen molar-refractivity contribution in [3.63, 3.8) is 0 Å². The van der Waals surface area contributed by atoms with Crippen molar-refractivity contribution in [3.05, 3.63) is 24.4 Å². The third-order valence-corrected chi connectivity index (χ3v) is 2.99.